The Morgan fingerprint density at radius 3 is 2.13 bits per heavy atom. The van der Waals surface area contributed by atoms with Crippen molar-refractivity contribution in [1.82, 2.24) is 0 Å². The van der Waals surface area contributed by atoms with E-state index in [1.807, 2.05) is 24.3 Å². The molecule has 6 heteroatoms. The fraction of sp³-hybridized carbons (Fsp3) is 0.333. The molecule has 0 spiro atoms. The van der Waals surface area contributed by atoms with Gasteiger partial charge in [0.05, 0.1) is 0 Å². The summed E-state index contributed by atoms with van der Waals surface area (Å²) in [5, 5.41) is 0.0279. The molecule has 0 bridgehead atoms. The number of ether oxygens (including phenoxy) is 1. The minimum atomic E-state index is -5.17. The highest BCUT2D eigenvalue weighted by atomic mass is 19.4. The average Bonchev–Trinajstić information content (AvgIpc) is 2.70. The molecule has 0 fully saturated rings. The van der Waals surface area contributed by atoms with Crippen LogP contribution in [-0.4, -0.2) is 6.36 Å². The molecule has 1 nitrogen and oxygen atoms in total. The van der Waals surface area contributed by atoms with Crippen LogP contribution in [0.25, 0.3) is 21.9 Å². The molecule has 0 aliphatic carbocycles. The maximum absolute atomic E-state index is 14.4. The Balaban J connectivity index is 1.79. The first kappa shape index (κ1) is 22.1. The van der Waals surface area contributed by atoms with E-state index in [9.17, 15) is 22.0 Å². The monoisotopic (exact) mass is 422 g/mol. The molecule has 0 aliphatic heterocycles. The van der Waals surface area contributed by atoms with Crippen LogP contribution in [0.1, 0.15) is 44.6 Å². The first-order chi connectivity index (χ1) is 14.3. The molecule has 3 rings (SSSR count). The number of hydrogen-bond acceptors (Lipinski definition) is 1. The van der Waals surface area contributed by atoms with Crippen molar-refractivity contribution < 1.29 is 26.7 Å². The summed E-state index contributed by atoms with van der Waals surface area (Å²) < 4.78 is 69.1. The van der Waals surface area contributed by atoms with E-state index < -0.39 is 23.7 Å². The summed E-state index contributed by atoms with van der Waals surface area (Å²) in [5.74, 6) is -4.20. The average molecular weight is 422 g/mol. The van der Waals surface area contributed by atoms with Crippen LogP contribution in [0.15, 0.2) is 48.5 Å². The fourth-order valence-corrected chi connectivity index (χ4v) is 3.50. The highest BCUT2D eigenvalue weighted by Gasteiger charge is 2.34. The molecule has 0 atom stereocenters. The van der Waals surface area contributed by atoms with Crippen molar-refractivity contribution in [2.75, 3.05) is 0 Å². The van der Waals surface area contributed by atoms with E-state index in [2.05, 4.69) is 11.7 Å². The predicted molar refractivity (Wildman–Crippen MR) is 108 cm³/mol. The smallest absolute Gasteiger partial charge is 0.399 e. The standard InChI is InChI=1S/C24H23F5O/c1-2-3-4-5-6-7-16-8-10-17(11-9-16)18-12-13-20-19(14-18)15-21(25)23(22(20)26)30-24(27,28)29/h8-15H,2-7H2,1H3. The molecule has 0 saturated carbocycles. The highest BCUT2D eigenvalue weighted by Crippen LogP contribution is 2.35. The van der Waals surface area contributed by atoms with Crippen molar-refractivity contribution in [3.63, 3.8) is 0 Å². The van der Waals surface area contributed by atoms with Gasteiger partial charge in [-0.25, -0.2) is 8.78 Å². The van der Waals surface area contributed by atoms with Gasteiger partial charge in [-0.3, -0.25) is 0 Å². The van der Waals surface area contributed by atoms with Gasteiger partial charge in [0.15, 0.2) is 11.6 Å². The van der Waals surface area contributed by atoms with Crippen LogP contribution >= 0.6 is 0 Å². The van der Waals surface area contributed by atoms with Gasteiger partial charge in [0.25, 0.3) is 0 Å². The largest absolute Gasteiger partial charge is 0.573 e. The second-order valence-corrected chi connectivity index (χ2v) is 7.35. The Labute approximate surface area is 172 Å². The Morgan fingerprint density at radius 2 is 1.47 bits per heavy atom. The van der Waals surface area contributed by atoms with Gasteiger partial charge in [0, 0.05) is 5.39 Å². The molecule has 3 aromatic rings. The van der Waals surface area contributed by atoms with Crippen LogP contribution < -0.4 is 4.74 Å². The van der Waals surface area contributed by atoms with Gasteiger partial charge >= 0.3 is 6.36 Å². The molecule has 0 unspecified atom stereocenters. The normalized spacial score (nSPS) is 11.8. The lowest BCUT2D eigenvalue weighted by atomic mass is 9.98. The Hall–Kier alpha value is -2.63. The van der Waals surface area contributed by atoms with Crippen LogP contribution in [0.5, 0.6) is 5.75 Å². The molecule has 160 valence electrons. The van der Waals surface area contributed by atoms with Crippen LogP contribution in [0, 0.1) is 11.6 Å². The van der Waals surface area contributed by atoms with Crippen LogP contribution in [0.4, 0.5) is 22.0 Å². The Morgan fingerprint density at radius 1 is 0.800 bits per heavy atom. The molecule has 0 saturated heterocycles. The topological polar surface area (TPSA) is 9.23 Å². The zero-order valence-corrected chi connectivity index (χ0v) is 16.7. The molecular weight excluding hydrogens is 399 g/mol. The lowest BCUT2D eigenvalue weighted by Gasteiger charge is -2.13. The molecular formula is C24H23F5O. The summed E-state index contributed by atoms with van der Waals surface area (Å²) in [7, 11) is 0. The van der Waals surface area contributed by atoms with Crippen molar-refractivity contribution in [1.29, 1.82) is 0 Å². The molecule has 0 aromatic heterocycles. The summed E-state index contributed by atoms with van der Waals surface area (Å²) >= 11 is 0. The van der Waals surface area contributed by atoms with Gasteiger partial charge in [-0.2, -0.15) is 0 Å². The lowest BCUT2D eigenvalue weighted by Crippen LogP contribution is -2.19. The van der Waals surface area contributed by atoms with Gasteiger partial charge in [-0.05, 0) is 47.1 Å². The van der Waals surface area contributed by atoms with E-state index in [4.69, 9.17) is 0 Å². The molecule has 3 aromatic carbocycles. The first-order valence-electron chi connectivity index (χ1n) is 10.1. The maximum Gasteiger partial charge on any atom is 0.573 e. The van der Waals surface area contributed by atoms with Crippen molar-refractivity contribution in [2.24, 2.45) is 0 Å². The summed E-state index contributed by atoms with van der Waals surface area (Å²) in [6.45, 7) is 2.18. The summed E-state index contributed by atoms with van der Waals surface area (Å²) in [5.41, 5.74) is 2.81. The number of unbranched alkanes of at least 4 members (excludes halogenated alkanes) is 4. The molecule has 30 heavy (non-hydrogen) atoms. The number of alkyl halides is 3. The van der Waals surface area contributed by atoms with E-state index in [1.54, 1.807) is 12.1 Å². The third-order valence-electron chi connectivity index (χ3n) is 5.06. The predicted octanol–water partition coefficient (Wildman–Crippen LogP) is 8.20. The van der Waals surface area contributed by atoms with Gasteiger partial charge in [-0.1, -0.05) is 69.0 Å². The Bertz CT molecular complexity index is 993. The number of aryl methyl sites for hydroxylation is 1. The van der Waals surface area contributed by atoms with Crippen molar-refractivity contribution in [2.45, 2.75) is 51.8 Å². The van der Waals surface area contributed by atoms with Crippen LogP contribution in [-0.2, 0) is 6.42 Å². The van der Waals surface area contributed by atoms with Gasteiger partial charge in [0.2, 0.25) is 5.75 Å². The van der Waals surface area contributed by atoms with Gasteiger partial charge in [-0.15, -0.1) is 13.2 Å². The summed E-state index contributed by atoms with van der Waals surface area (Å²) in [6.07, 6.45) is 1.88. The van der Waals surface area contributed by atoms with Crippen molar-refractivity contribution in [3.8, 4) is 16.9 Å². The number of halogens is 5. The number of rotatable bonds is 8. The van der Waals surface area contributed by atoms with E-state index in [-0.39, 0.29) is 10.8 Å². The van der Waals surface area contributed by atoms with Crippen molar-refractivity contribution in [3.05, 3.63) is 65.7 Å². The molecule has 0 heterocycles. The third kappa shape index (κ3) is 5.49. The van der Waals surface area contributed by atoms with Gasteiger partial charge in [0.1, 0.15) is 0 Å². The van der Waals surface area contributed by atoms with E-state index >= 15 is 0 Å². The van der Waals surface area contributed by atoms with Gasteiger partial charge < -0.3 is 4.74 Å². The molecule has 0 aliphatic rings. The minimum absolute atomic E-state index is 0.136. The quantitative estimate of drug-likeness (QED) is 0.263. The first-order valence-corrected chi connectivity index (χ1v) is 10.1. The zero-order chi connectivity index (χ0) is 21.7. The van der Waals surface area contributed by atoms with Crippen molar-refractivity contribution >= 4 is 10.8 Å². The third-order valence-corrected chi connectivity index (χ3v) is 5.06. The highest BCUT2D eigenvalue weighted by molar-refractivity contribution is 5.89. The molecule has 0 radical (unpaired) electrons. The number of fused-ring (bicyclic) bond motifs is 1. The molecule has 0 amide bonds. The maximum atomic E-state index is 14.4. The Kier molecular flexibility index (Phi) is 6.95. The second-order valence-electron chi connectivity index (χ2n) is 7.35. The summed E-state index contributed by atoms with van der Waals surface area (Å²) in [6, 6.07) is 13.3. The second kappa shape index (κ2) is 9.45. The van der Waals surface area contributed by atoms with E-state index in [1.165, 1.54) is 37.3 Å². The van der Waals surface area contributed by atoms with E-state index in [0.717, 1.165) is 30.0 Å². The minimum Gasteiger partial charge on any atom is -0.399 e. The fourth-order valence-electron chi connectivity index (χ4n) is 3.50. The SMILES string of the molecule is CCCCCCCc1ccc(-c2ccc3c(F)c(OC(F)(F)F)c(F)cc3c2)cc1. The number of hydrogen-bond donors (Lipinski definition) is 0. The van der Waals surface area contributed by atoms with Crippen LogP contribution in [0.3, 0.4) is 0 Å². The number of benzene rings is 3. The molecule has 0 N–H and O–H groups in total. The van der Waals surface area contributed by atoms with Crippen LogP contribution in [0.2, 0.25) is 0 Å². The van der Waals surface area contributed by atoms with E-state index in [0.29, 0.717) is 0 Å². The lowest BCUT2D eigenvalue weighted by molar-refractivity contribution is -0.276. The zero-order valence-electron chi connectivity index (χ0n) is 16.7. The summed E-state index contributed by atoms with van der Waals surface area (Å²) in [4.78, 5) is 0.